The molecule has 9 nitrogen and oxygen atoms in total. The van der Waals surface area contributed by atoms with Crippen LogP contribution >= 0.6 is 0 Å². The lowest BCUT2D eigenvalue weighted by Crippen LogP contribution is -2.35. The first kappa shape index (κ1) is 20.0. The molecule has 1 amide bonds. The number of rotatable bonds is 4. The van der Waals surface area contributed by atoms with Gasteiger partial charge in [-0.2, -0.15) is 9.61 Å². The third-order valence-corrected chi connectivity index (χ3v) is 4.60. The molecule has 1 N–H and O–H groups in total. The van der Waals surface area contributed by atoms with Crippen LogP contribution in [0, 0.1) is 0 Å². The number of hydroxylamine groups is 1. The number of benzene rings is 1. The molecule has 0 unspecified atom stereocenters. The molecular weight excluding hydrogens is 386 g/mol. The summed E-state index contributed by atoms with van der Waals surface area (Å²) in [6.45, 7) is 8.29. The largest absolute Gasteiger partial charge is 0.494 e. The molecule has 0 radical (unpaired) electrons. The van der Waals surface area contributed by atoms with E-state index in [-0.39, 0.29) is 0 Å². The number of ether oxygens (including phenoxy) is 2. The number of nitrogens with zero attached hydrogens (tertiary/aromatic N) is 5. The van der Waals surface area contributed by atoms with Gasteiger partial charge in [0.1, 0.15) is 11.4 Å². The van der Waals surface area contributed by atoms with Gasteiger partial charge in [-0.25, -0.2) is 19.7 Å². The quantitative estimate of drug-likeness (QED) is 0.695. The van der Waals surface area contributed by atoms with Gasteiger partial charge in [0.25, 0.3) is 0 Å². The topological polar surface area (TPSA) is 92.4 Å². The van der Waals surface area contributed by atoms with E-state index in [2.05, 4.69) is 10.1 Å². The predicted octanol–water partition coefficient (Wildman–Crippen LogP) is 3.95. The molecule has 9 heteroatoms. The summed E-state index contributed by atoms with van der Waals surface area (Å²) in [5.74, 6) is 1.61. The molecule has 3 heterocycles. The van der Waals surface area contributed by atoms with E-state index in [0.29, 0.717) is 53.9 Å². The lowest BCUT2D eigenvalue weighted by molar-refractivity contribution is 0.0597. The Kier molecular flexibility index (Phi) is 4.98. The van der Waals surface area contributed by atoms with Gasteiger partial charge >= 0.3 is 6.09 Å². The van der Waals surface area contributed by atoms with Crippen molar-refractivity contribution < 1.29 is 19.5 Å². The Morgan fingerprint density at radius 2 is 1.97 bits per heavy atom. The second-order valence-corrected chi connectivity index (χ2v) is 7.95. The third-order valence-electron chi connectivity index (χ3n) is 4.60. The minimum Gasteiger partial charge on any atom is -0.494 e. The maximum Gasteiger partial charge on any atom is 0.420 e. The molecule has 2 aromatic heterocycles. The molecule has 3 aromatic rings. The highest BCUT2D eigenvalue weighted by molar-refractivity contribution is 5.97. The van der Waals surface area contributed by atoms with Crippen LogP contribution in [0.2, 0.25) is 0 Å². The van der Waals surface area contributed by atoms with E-state index in [0.717, 1.165) is 5.06 Å². The van der Waals surface area contributed by atoms with Gasteiger partial charge in [0.15, 0.2) is 17.3 Å². The number of hydrogen-bond acceptors (Lipinski definition) is 7. The second-order valence-electron chi connectivity index (χ2n) is 7.95. The van der Waals surface area contributed by atoms with Gasteiger partial charge in [0.05, 0.1) is 25.0 Å². The lowest BCUT2D eigenvalue weighted by atomic mass is 10.2. The smallest absolute Gasteiger partial charge is 0.420 e. The van der Waals surface area contributed by atoms with Crippen molar-refractivity contribution in [2.75, 3.05) is 23.1 Å². The molecule has 1 aliphatic rings. The summed E-state index contributed by atoms with van der Waals surface area (Å²) in [5.41, 5.74) is 1.13. The Morgan fingerprint density at radius 3 is 2.63 bits per heavy atom. The number of aromatic nitrogens is 3. The average Bonchev–Trinajstić information content (AvgIpc) is 3.29. The SMILES string of the molecule is CCOc1ccc(N(C(=O)OC(C)(C)C)c2c3c(nc4ccnn24)N(O)CC3)cc1. The normalized spacial score (nSPS) is 13.4. The second kappa shape index (κ2) is 7.49. The highest BCUT2D eigenvalue weighted by Crippen LogP contribution is 2.38. The van der Waals surface area contributed by atoms with Crippen LogP contribution in [-0.2, 0) is 11.2 Å². The van der Waals surface area contributed by atoms with E-state index in [1.165, 1.54) is 4.90 Å². The number of anilines is 3. The number of carbonyl (C=O) groups excluding carboxylic acids is 1. The molecule has 1 aliphatic heterocycles. The van der Waals surface area contributed by atoms with Crippen molar-refractivity contribution in [3.63, 3.8) is 0 Å². The van der Waals surface area contributed by atoms with Crippen LogP contribution in [0.5, 0.6) is 5.75 Å². The minimum atomic E-state index is -0.691. The van der Waals surface area contributed by atoms with Crippen molar-refractivity contribution in [3.8, 4) is 5.75 Å². The van der Waals surface area contributed by atoms with Gasteiger partial charge in [-0.05, 0) is 58.4 Å². The van der Waals surface area contributed by atoms with Crippen LogP contribution in [0.1, 0.15) is 33.3 Å². The van der Waals surface area contributed by atoms with Gasteiger partial charge in [0, 0.05) is 11.6 Å². The Hall–Kier alpha value is -3.33. The molecule has 0 saturated heterocycles. The van der Waals surface area contributed by atoms with Crippen LogP contribution in [0.15, 0.2) is 36.5 Å². The first-order valence-corrected chi connectivity index (χ1v) is 9.87. The van der Waals surface area contributed by atoms with Gasteiger partial charge in [-0.15, -0.1) is 0 Å². The molecule has 4 rings (SSSR count). The van der Waals surface area contributed by atoms with Crippen LogP contribution in [0.3, 0.4) is 0 Å². The maximum absolute atomic E-state index is 13.4. The molecular formula is C21H25N5O4. The molecule has 158 valence electrons. The first-order valence-electron chi connectivity index (χ1n) is 9.87. The van der Waals surface area contributed by atoms with Crippen LogP contribution in [0.4, 0.5) is 22.1 Å². The first-order chi connectivity index (χ1) is 14.3. The van der Waals surface area contributed by atoms with Crippen LogP contribution < -0.4 is 14.7 Å². The zero-order valence-electron chi connectivity index (χ0n) is 17.5. The van der Waals surface area contributed by atoms with Crippen molar-refractivity contribution in [1.29, 1.82) is 0 Å². The Labute approximate surface area is 174 Å². The summed E-state index contributed by atoms with van der Waals surface area (Å²) >= 11 is 0. The summed E-state index contributed by atoms with van der Waals surface area (Å²) in [6, 6.07) is 8.92. The van der Waals surface area contributed by atoms with Gasteiger partial charge in [-0.1, -0.05) is 0 Å². The van der Waals surface area contributed by atoms with Crippen molar-refractivity contribution in [2.24, 2.45) is 0 Å². The van der Waals surface area contributed by atoms with Crippen molar-refractivity contribution in [3.05, 3.63) is 42.1 Å². The molecule has 0 atom stereocenters. The van der Waals surface area contributed by atoms with Crippen molar-refractivity contribution in [2.45, 2.75) is 39.7 Å². The fraction of sp³-hybridized carbons (Fsp3) is 0.381. The minimum absolute atomic E-state index is 0.383. The van der Waals surface area contributed by atoms with E-state index in [4.69, 9.17) is 9.47 Å². The fourth-order valence-corrected chi connectivity index (χ4v) is 3.42. The lowest BCUT2D eigenvalue weighted by Gasteiger charge is -2.29. The van der Waals surface area contributed by atoms with E-state index in [1.807, 2.05) is 27.7 Å². The summed E-state index contributed by atoms with van der Waals surface area (Å²) in [7, 11) is 0. The summed E-state index contributed by atoms with van der Waals surface area (Å²) in [5, 5.41) is 15.7. The van der Waals surface area contributed by atoms with Crippen molar-refractivity contribution >= 4 is 29.1 Å². The molecule has 0 saturated carbocycles. The highest BCUT2D eigenvalue weighted by atomic mass is 16.6. The third kappa shape index (κ3) is 3.63. The van der Waals surface area contributed by atoms with E-state index >= 15 is 0 Å². The number of amides is 1. The summed E-state index contributed by atoms with van der Waals surface area (Å²) < 4.78 is 12.8. The molecule has 1 aromatic carbocycles. The number of fused-ring (bicyclic) bond motifs is 2. The number of carbonyl (C=O) groups is 1. The molecule has 0 bridgehead atoms. The number of hydrogen-bond donors (Lipinski definition) is 1. The summed E-state index contributed by atoms with van der Waals surface area (Å²) in [6.07, 6.45) is 1.57. The molecule has 0 fully saturated rings. The van der Waals surface area contributed by atoms with Gasteiger partial charge in [-0.3, -0.25) is 5.21 Å². The molecule has 0 spiro atoms. The Morgan fingerprint density at radius 1 is 1.23 bits per heavy atom. The van der Waals surface area contributed by atoms with Crippen LogP contribution in [-0.4, -0.2) is 44.7 Å². The van der Waals surface area contributed by atoms with E-state index in [1.54, 1.807) is 41.0 Å². The van der Waals surface area contributed by atoms with E-state index in [9.17, 15) is 10.0 Å². The average molecular weight is 411 g/mol. The monoisotopic (exact) mass is 411 g/mol. The molecule has 30 heavy (non-hydrogen) atoms. The van der Waals surface area contributed by atoms with Gasteiger partial charge in [0.2, 0.25) is 0 Å². The van der Waals surface area contributed by atoms with Gasteiger partial charge < -0.3 is 9.47 Å². The Balaban J connectivity index is 1.90. The molecule has 0 aliphatic carbocycles. The zero-order chi connectivity index (χ0) is 21.5. The van der Waals surface area contributed by atoms with Crippen LogP contribution in [0.25, 0.3) is 5.65 Å². The highest BCUT2D eigenvalue weighted by Gasteiger charge is 2.34. The maximum atomic E-state index is 13.4. The summed E-state index contributed by atoms with van der Waals surface area (Å²) in [4.78, 5) is 19.3. The zero-order valence-corrected chi connectivity index (χ0v) is 17.5. The fourth-order valence-electron chi connectivity index (χ4n) is 3.42. The Bertz CT molecular complexity index is 1070. The standard InChI is InChI=1S/C21H25N5O4/c1-5-29-15-8-6-14(7-9-15)25(20(27)30-21(2,3)4)19-16-11-13-24(28)18(16)23-17-10-12-22-26(17)19/h6-10,12,28H,5,11,13H2,1-4H3. The van der Waals surface area contributed by atoms with E-state index < -0.39 is 11.7 Å². The van der Waals surface area contributed by atoms with Crippen molar-refractivity contribution in [1.82, 2.24) is 14.6 Å². The predicted molar refractivity (Wildman–Crippen MR) is 112 cm³/mol.